The summed E-state index contributed by atoms with van der Waals surface area (Å²) in [5, 5.41) is 3.22. The third-order valence-electron chi connectivity index (χ3n) is 4.19. The van der Waals surface area contributed by atoms with Crippen molar-refractivity contribution < 1.29 is 9.53 Å². The number of carbonyl (C=O) groups excluding carboxylic acids is 1. The van der Waals surface area contributed by atoms with Crippen LogP contribution in [0.2, 0.25) is 0 Å². The molecule has 1 aromatic carbocycles. The zero-order valence-corrected chi connectivity index (χ0v) is 13.9. The van der Waals surface area contributed by atoms with E-state index in [1.807, 2.05) is 54.3 Å². The lowest BCUT2D eigenvalue weighted by Crippen LogP contribution is -2.49. The Labute approximate surface area is 142 Å². The highest BCUT2D eigenvalue weighted by Crippen LogP contribution is 2.14. The number of nitrogens with zero attached hydrogens (tertiary/aromatic N) is 2. The van der Waals surface area contributed by atoms with E-state index in [4.69, 9.17) is 4.74 Å². The van der Waals surface area contributed by atoms with E-state index in [2.05, 4.69) is 10.3 Å². The fourth-order valence-corrected chi connectivity index (χ4v) is 2.81. The molecular formula is C19H23N3O2. The average Bonchev–Trinajstić information content (AvgIpc) is 2.64. The van der Waals surface area contributed by atoms with Crippen molar-refractivity contribution in [3.63, 3.8) is 0 Å². The molecular weight excluding hydrogens is 302 g/mol. The summed E-state index contributed by atoms with van der Waals surface area (Å²) in [5.74, 6) is 0.0103. The van der Waals surface area contributed by atoms with Gasteiger partial charge in [0.2, 0.25) is 0 Å². The van der Waals surface area contributed by atoms with Gasteiger partial charge >= 0.3 is 0 Å². The maximum Gasteiger partial charge on any atom is 0.253 e. The van der Waals surface area contributed by atoms with E-state index in [0.29, 0.717) is 26.2 Å². The van der Waals surface area contributed by atoms with Crippen LogP contribution in [0.3, 0.4) is 0 Å². The first-order valence-electron chi connectivity index (χ1n) is 8.29. The standard InChI is InChI=1S/C19H23N3O2/c1-15-6-5-9-21-17(15)14-22(13-16-7-3-2-4-8-16)19(23)18-12-20-10-11-24-18/h2-9,18,20H,10-14H2,1H3/t18-/m0/s1. The first-order chi connectivity index (χ1) is 11.7. The highest BCUT2D eigenvalue weighted by atomic mass is 16.5. The van der Waals surface area contributed by atoms with Gasteiger partial charge in [0.15, 0.2) is 0 Å². The third-order valence-corrected chi connectivity index (χ3v) is 4.19. The van der Waals surface area contributed by atoms with Crippen LogP contribution in [0.25, 0.3) is 0 Å². The molecule has 126 valence electrons. The topological polar surface area (TPSA) is 54.5 Å². The van der Waals surface area contributed by atoms with Gasteiger partial charge in [-0.1, -0.05) is 36.4 Å². The van der Waals surface area contributed by atoms with E-state index in [-0.39, 0.29) is 5.91 Å². The number of amides is 1. The third kappa shape index (κ3) is 4.19. The number of rotatable bonds is 5. The minimum Gasteiger partial charge on any atom is -0.366 e. The van der Waals surface area contributed by atoms with Crippen molar-refractivity contribution in [1.29, 1.82) is 0 Å². The second-order valence-corrected chi connectivity index (χ2v) is 6.01. The van der Waals surface area contributed by atoms with Crippen LogP contribution in [0, 0.1) is 6.92 Å². The summed E-state index contributed by atoms with van der Waals surface area (Å²) in [6, 6.07) is 14.0. The molecule has 5 nitrogen and oxygen atoms in total. The minimum atomic E-state index is -0.425. The Balaban J connectivity index is 1.79. The van der Waals surface area contributed by atoms with Crippen LogP contribution >= 0.6 is 0 Å². The van der Waals surface area contributed by atoms with Gasteiger partial charge < -0.3 is 15.0 Å². The summed E-state index contributed by atoms with van der Waals surface area (Å²) in [7, 11) is 0. The number of aromatic nitrogens is 1. The molecule has 5 heteroatoms. The molecule has 1 aromatic heterocycles. The molecule has 1 N–H and O–H groups in total. The fraction of sp³-hybridized carbons (Fsp3) is 0.368. The molecule has 0 unspecified atom stereocenters. The number of aryl methyl sites for hydroxylation is 1. The van der Waals surface area contributed by atoms with Crippen LogP contribution in [0.4, 0.5) is 0 Å². The minimum absolute atomic E-state index is 0.0103. The number of morpholine rings is 1. The molecule has 24 heavy (non-hydrogen) atoms. The fourth-order valence-electron chi connectivity index (χ4n) is 2.81. The van der Waals surface area contributed by atoms with Crippen LogP contribution in [0.1, 0.15) is 16.8 Å². The van der Waals surface area contributed by atoms with E-state index < -0.39 is 6.10 Å². The Morgan fingerprint density at radius 2 is 2.08 bits per heavy atom. The summed E-state index contributed by atoms with van der Waals surface area (Å²) in [4.78, 5) is 19.2. The van der Waals surface area contributed by atoms with Crippen molar-refractivity contribution in [2.75, 3.05) is 19.7 Å². The molecule has 1 amide bonds. The SMILES string of the molecule is Cc1cccnc1CN(Cc1ccccc1)C(=O)[C@@H]1CNCCO1. The quantitative estimate of drug-likeness (QED) is 0.912. The number of pyridine rings is 1. The molecule has 0 saturated carbocycles. The van der Waals surface area contributed by atoms with Crippen LogP contribution < -0.4 is 5.32 Å². The molecule has 1 aliphatic heterocycles. The molecule has 2 heterocycles. The molecule has 0 radical (unpaired) electrons. The number of ether oxygens (including phenoxy) is 1. The second kappa shape index (κ2) is 8.04. The first kappa shape index (κ1) is 16.6. The van der Waals surface area contributed by atoms with Gasteiger partial charge in [0.25, 0.3) is 5.91 Å². The summed E-state index contributed by atoms with van der Waals surface area (Å²) >= 11 is 0. The molecule has 2 aromatic rings. The maximum atomic E-state index is 13.0. The van der Waals surface area contributed by atoms with Crippen LogP contribution in [-0.2, 0) is 22.6 Å². The Morgan fingerprint density at radius 1 is 1.25 bits per heavy atom. The number of nitrogens with one attached hydrogen (secondary N) is 1. The highest BCUT2D eigenvalue weighted by Gasteiger charge is 2.27. The predicted molar refractivity (Wildman–Crippen MR) is 92.3 cm³/mol. The second-order valence-electron chi connectivity index (χ2n) is 6.01. The molecule has 0 bridgehead atoms. The molecule has 0 spiro atoms. The van der Waals surface area contributed by atoms with Gasteiger partial charge in [0.1, 0.15) is 6.10 Å². The smallest absolute Gasteiger partial charge is 0.253 e. The van der Waals surface area contributed by atoms with Gasteiger partial charge in [-0.25, -0.2) is 0 Å². The lowest BCUT2D eigenvalue weighted by molar-refractivity contribution is -0.146. The maximum absolute atomic E-state index is 13.0. The van der Waals surface area contributed by atoms with Gasteiger partial charge in [-0.3, -0.25) is 9.78 Å². The predicted octanol–water partition coefficient (Wildman–Crippen LogP) is 1.91. The van der Waals surface area contributed by atoms with Crippen LogP contribution in [0.5, 0.6) is 0 Å². The molecule has 1 fully saturated rings. The Bertz CT molecular complexity index is 669. The van der Waals surface area contributed by atoms with Gasteiger partial charge in [0.05, 0.1) is 18.8 Å². The Hall–Kier alpha value is -2.24. The van der Waals surface area contributed by atoms with E-state index in [0.717, 1.165) is 23.4 Å². The molecule has 0 aliphatic carbocycles. The van der Waals surface area contributed by atoms with Gasteiger partial charge in [0, 0.05) is 25.8 Å². The molecule has 1 aliphatic rings. The van der Waals surface area contributed by atoms with E-state index >= 15 is 0 Å². The van der Waals surface area contributed by atoms with Crippen molar-refractivity contribution in [2.45, 2.75) is 26.1 Å². The van der Waals surface area contributed by atoms with Crippen molar-refractivity contribution in [3.8, 4) is 0 Å². The number of hydrogen-bond donors (Lipinski definition) is 1. The normalized spacial score (nSPS) is 17.5. The number of hydrogen-bond acceptors (Lipinski definition) is 4. The lowest BCUT2D eigenvalue weighted by Gasteiger charge is -2.30. The van der Waals surface area contributed by atoms with Crippen LogP contribution in [-0.4, -0.2) is 41.6 Å². The van der Waals surface area contributed by atoms with Crippen molar-refractivity contribution in [2.24, 2.45) is 0 Å². The zero-order chi connectivity index (χ0) is 16.8. The number of benzene rings is 1. The molecule has 3 rings (SSSR count). The summed E-state index contributed by atoms with van der Waals surface area (Å²) in [6.07, 6.45) is 1.35. The molecule has 1 saturated heterocycles. The summed E-state index contributed by atoms with van der Waals surface area (Å²) < 4.78 is 5.65. The van der Waals surface area contributed by atoms with Gasteiger partial charge in [-0.2, -0.15) is 0 Å². The van der Waals surface area contributed by atoms with Gasteiger partial charge in [-0.15, -0.1) is 0 Å². The van der Waals surface area contributed by atoms with Crippen molar-refractivity contribution >= 4 is 5.91 Å². The first-order valence-corrected chi connectivity index (χ1v) is 8.29. The zero-order valence-electron chi connectivity index (χ0n) is 13.9. The summed E-state index contributed by atoms with van der Waals surface area (Å²) in [6.45, 7) is 4.98. The lowest BCUT2D eigenvalue weighted by atomic mass is 10.1. The largest absolute Gasteiger partial charge is 0.366 e. The monoisotopic (exact) mass is 325 g/mol. The van der Waals surface area contributed by atoms with Gasteiger partial charge in [-0.05, 0) is 24.1 Å². The Kier molecular flexibility index (Phi) is 5.56. The van der Waals surface area contributed by atoms with Crippen molar-refractivity contribution in [1.82, 2.24) is 15.2 Å². The van der Waals surface area contributed by atoms with E-state index in [9.17, 15) is 4.79 Å². The van der Waals surface area contributed by atoms with Crippen LogP contribution in [0.15, 0.2) is 48.7 Å². The van der Waals surface area contributed by atoms with E-state index in [1.165, 1.54) is 0 Å². The van der Waals surface area contributed by atoms with E-state index in [1.54, 1.807) is 6.20 Å². The van der Waals surface area contributed by atoms with Crippen molar-refractivity contribution in [3.05, 3.63) is 65.5 Å². The summed E-state index contributed by atoms with van der Waals surface area (Å²) in [5.41, 5.74) is 3.11. The average molecular weight is 325 g/mol. The Morgan fingerprint density at radius 3 is 2.79 bits per heavy atom. The highest BCUT2D eigenvalue weighted by molar-refractivity contribution is 5.81. The molecule has 1 atom stereocenters. The number of carbonyl (C=O) groups is 1.